The molecule has 1 atom stereocenters. The highest BCUT2D eigenvalue weighted by molar-refractivity contribution is 7.85. The second kappa shape index (κ2) is 9.86. The molecule has 144 valence electrons. The van der Waals surface area contributed by atoms with Gasteiger partial charge in [0.05, 0.1) is 0 Å². The van der Waals surface area contributed by atoms with E-state index in [4.69, 9.17) is 0 Å². The summed E-state index contributed by atoms with van der Waals surface area (Å²) in [6.45, 7) is 7.57. The van der Waals surface area contributed by atoms with Gasteiger partial charge in [0, 0.05) is 41.8 Å². The van der Waals surface area contributed by atoms with Gasteiger partial charge in [-0.1, -0.05) is 17.7 Å². The van der Waals surface area contributed by atoms with Crippen LogP contribution in [0.4, 0.5) is 5.69 Å². The lowest BCUT2D eigenvalue weighted by atomic mass is 10.0. The Morgan fingerprint density at radius 1 is 1.08 bits per heavy atom. The van der Waals surface area contributed by atoms with E-state index in [0.717, 1.165) is 42.7 Å². The van der Waals surface area contributed by atoms with Crippen LogP contribution in [0.1, 0.15) is 48.8 Å². The van der Waals surface area contributed by atoms with Crippen LogP contribution in [0, 0.1) is 20.8 Å². The predicted octanol–water partition coefficient (Wildman–Crippen LogP) is 3.09. The number of benzene rings is 1. The molecule has 1 saturated heterocycles. The summed E-state index contributed by atoms with van der Waals surface area (Å²) in [5.74, 6) is 0.384. The Hall–Kier alpha value is -1.69. The fraction of sp³-hybridized carbons (Fsp3) is 0.600. The SMILES string of the molecule is Cc1cc(C)c(NC(=O)CCCS(=O)CC(=O)N2CCCCC2)c(C)c1. The first kappa shape index (κ1) is 20.6. The standard InChI is InChI=1S/C20H30N2O3S/c1-15-12-16(2)20(17(3)13-15)21-18(23)8-7-11-26(25)14-19(24)22-9-5-4-6-10-22/h12-13H,4-11,14H2,1-3H3,(H,21,23). The van der Waals surface area contributed by atoms with Gasteiger partial charge < -0.3 is 10.2 Å². The fourth-order valence-corrected chi connectivity index (χ4v) is 4.49. The van der Waals surface area contributed by atoms with Crippen LogP contribution in [0.5, 0.6) is 0 Å². The molecule has 1 unspecified atom stereocenters. The van der Waals surface area contributed by atoms with Crippen molar-refractivity contribution in [2.75, 3.05) is 29.9 Å². The molecule has 0 aromatic heterocycles. The van der Waals surface area contributed by atoms with Crippen molar-refractivity contribution in [2.24, 2.45) is 0 Å². The number of hydrogen-bond acceptors (Lipinski definition) is 3. The van der Waals surface area contributed by atoms with Crippen LogP contribution < -0.4 is 5.32 Å². The van der Waals surface area contributed by atoms with Gasteiger partial charge in [-0.25, -0.2) is 0 Å². The van der Waals surface area contributed by atoms with Crippen molar-refractivity contribution in [3.63, 3.8) is 0 Å². The molecule has 1 N–H and O–H groups in total. The molecule has 1 aliphatic rings. The number of nitrogens with zero attached hydrogens (tertiary/aromatic N) is 1. The lowest BCUT2D eigenvalue weighted by molar-refractivity contribution is -0.129. The van der Waals surface area contributed by atoms with E-state index in [2.05, 4.69) is 5.32 Å². The topological polar surface area (TPSA) is 66.5 Å². The summed E-state index contributed by atoms with van der Waals surface area (Å²) in [6, 6.07) is 4.09. The molecule has 0 spiro atoms. The Morgan fingerprint density at radius 2 is 1.69 bits per heavy atom. The highest BCUT2D eigenvalue weighted by atomic mass is 32.2. The van der Waals surface area contributed by atoms with Crippen molar-refractivity contribution < 1.29 is 13.8 Å². The minimum atomic E-state index is -1.20. The monoisotopic (exact) mass is 378 g/mol. The average molecular weight is 379 g/mol. The maximum atomic E-state index is 12.2. The highest BCUT2D eigenvalue weighted by Crippen LogP contribution is 2.22. The molecule has 0 aliphatic carbocycles. The zero-order chi connectivity index (χ0) is 19.1. The van der Waals surface area contributed by atoms with Gasteiger partial charge in [-0.3, -0.25) is 13.8 Å². The Kier molecular flexibility index (Phi) is 7.82. The number of hydrogen-bond donors (Lipinski definition) is 1. The Balaban J connectivity index is 1.72. The number of anilines is 1. The maximum Gasteiger partial charge on any atom is 0.235 e. The van der Waals surface area contributed by atoms with Crippen molar-refractivity contribution in [3.8, 4) is 0 Å². The molecular formula is C20H30N2O3S. The number of carbonyl (C=O) groups is 2. The Morgan fingerprint density at radius 3 is 2.31 bits per heavy atom. The predicted molar refractivity (Wildman–Crippen MR) is 107 cm³/mol. The van der Waals surface area contributed by atoms with E-state index in [0.29, 0.717) is 18.6 Å². The largest absolute Gasteiger partial charge is 0.342 e. The molecule has 1 fully saturated rings. The lowest BCUT2D eigenvalue weighted by Gasteiger charge is -2.26. The van der Waals surface area contributed by atoms with E-state index in [-0.39, 0.29) is 17.6 Å². The van der Waals surface area contributed by atoms with Gasteiger partial charge in [0.2, 0.25) is 11.8 Å². The summed E-state index contributed by atoms with van der Waals surface area (Å²) >= 11 is 0. The number of nitrogens with one attached hydrogen (secondary N) is 1. The van der Waals surface area contributed by atoms with Crippen molar-refractivity contribution in [3.05, 3.63) is 28.8 Å². The minimum absolute atomic E-state index is 0.0154. The smallest absolute Gasteiger partial charge is 0.235 e. The normalized spacial score (nSPS) is 15.6. The van der Waals surface area contributed by atoms with Crippen LogP contribution in [-0.2, 0) is 20.4 Å². The molecule has 2 amide bonds. The lowest BCUT2D eigenvalue weighted by Crippen LogP contribution is -2.38. The van der Waals surface area contributed by atoms with E-state index in [1.165, 1.54) is 12.0 Å². The van der Waals surface area contributed by atoms with E-state index in [1.807, 2.05) is 37.8 Å². The first-order chi connectivity index (χ1) is 12.4. The number of amides is 2. The zero-order valence-corrected chi connectivity index (χ0v) is 16.9. The van der Waals surface area contributed by atoms with Crippen molar-refractivity contribution in [1.82, 2.24) is 4.90 Å². The van der Waals surface area contributed by atoms with Crippen LogP contribution in [-0.4, -0.2) is 45.5 Å². The molecule has 26 heavy (non-hydrogen) atoms. The number of aryl methyl sites for hydroxylation is 3. The number of rotatable bonds is 7. The summed E-state index contributed by atoms with van der Waals surface area (Å²) in [7, 11) is -1.20. The maximum absolute atomic E-state index is 12.2. The third-order valence-corrected chi connectivity index (χ3v) is 6.02. The van der Waals surface area contributed by atoms with Gasteiger partial charge in [-0.15, -0.1) is 0 Å². The van der Waals surface area contributed by atoms with Crippen molar-refractivity contribution in [1.29, 1.82) is 0 Å². The van der Waals surface area contributed by atoms with E-state index < -0.39 is 10.8 Å². The summed E-state index contributed by atoms with van der Waals surface area (Å²) in [4.78, 5) is 26.1. The molecular weight excluding hydrogens is 348 g/mol. The van der Waals surface area contributed by atoms with Gasteiger partial charge in [0.15, 0.2) is 0 Å². The van der Waals surface area contributed by atoms with Gasteiger partial charge in [0.1, 0.15) is 5.75 Å². The zero-order valence-electron chi connectivity index (χ0n) is 16.1. The third kappa shape index (κ3) is 6.24. The molecule has 2 rings (SSSR count). The summed E-state index contributed by atoms with van der Waals surface area (Å²) in [5.41, 5.74) is 4.13. The van der Waals surface area contributed by atoms with Crippen LogP contribution >= 0.6 is 0 Å². The Labute approximate surface area is 159 Å². The summed E-state index contributed by atoms with van der Waals surface area (Å²) in [6.07, 6.45) is 4.08. The molecule has 1 aliphatic heterocycles. The van der Waals surface area contributed by atoms with Crippen LogP contribution in [0.2, 0.25) is 0 Å². The van der Waals surface area contributed by atoms with E-state index >= 15 is 0 Å². The van der Waals surface area contributed by atoms with Gasteiger partial charge in [0.25, 0.3) is 0 Å². The number of piperidine rings is 1. The van der Waals surface area contributed by atoms with Gasteiger partial charge >= 0.3 is 0 Å². The fourth-order valence-electron chi connectivity index (χ4n) is 3.42. The van der Waals surface area contributed by atoms with E-state index in [9.17, 15) is 13.8 Å². The second-order valence-corrected chi connectivity index (χ2v) is 8.73. The molecule has 0 bridgehead atoms. The van der Waals surface area contributed by atoms with Crippen LogP contribution in [0.15, 0.2) is 12.1 Å². The summed E-state index contributed by atoms with van der Waals surface area (Å²) < 4.78 is 12.1. The molecule has 1 heterocycles. The number of carbonyl (C=O) groups excluding carboxylic acids is 2. The van der Waals surface area contributed by atoms with Crippen molar-refractivity contribution in [2.45, 2.75) is 52.9 Å². The van der Waals surface area contributed by atoms with E-state index in [1.54, 1.807) is 0 Å². The van der Waals surface area contributed by atoms with Gasteiger partial charge in [-0.2, -0.15) is 0 Å². The molecule has 1 aromatic carbocycles. The minimum Gasteiger partial charge on any atom is -0.342 e. The third-order valence-electron chi connectivity index (χ3n) is 4.71. The average Bonchev–Trinajstić information content (AvgIpc) is 2.58. The first-order valence-corrected chi connectivity index (χ1v) is 10.9. The molecule has 0 radical (unpaired) electrons. The molecule has 6 heteroatoms. The van der Waals surface area contributed by atoms with Crippen LogP contribution in [0.3, 0.4) is 0 Å². The van der Waals surface area contributed by atoms with Gasteiger partial charge in [-0.05, 0) is 57.6 Å². The van der Waals surface area contributed by atoms with Crippen LogP contribution in [0.25, 0.3) is 0 Å². The molecule has 1 aromatic rings. The summed E-state index contributed by atoms with van der Waals surface area (Å²) in [5, 5.41) is 2.96. The Bertz CT molecular complexity index is 659. The quantitative estimate of drug-likeness (QED) is 0.793. The second-order valence-electron chi connectivity index (χ2n) is 7.16. The molecule has 5 nitrogen and oxygen atoms in total. The highest BCUT2D eigenvalue weighted by Gasteiger charge is 2.18. The first-order valence-electron chi connectivity index (χ1n) is 9.37. The molecule has 0 saturated carbocycles. The van der Waals surface area contributed by atoms with Crippen molar-refractivity contribution >= 4 is 28.3 Å². The number of likely N-dealkylation sites (tertiary alicyclic amines) is 1.